The zero-order valence-electron chi connectivity index (χ0n) is 10.8. The summed E-state index contributed by atoms with van der Waals surface area (Å²) in [4.78, 5) is 15.2. The van der Waals surface area contributed by atoms with E-state index in [4.69, 9.17) is 5.73 Å². The van der Waals surface area contributed by atoms with E-state index in [0.29, 0.717) is 12.2 Å². The molecule has 3 N–H and O–H groups in total. The van der Waals surface area contributed by atoms with E-state index in [0.717, 1.165) is 23.0 Å². The van der Waals surface area contributed by atoms with Crippen molar-refractivity contribution >= 4 is 12.0 Å². The van der Waals surface area contributed by atoms with E-state index in [9.17, 15) is 4.79 Å². The highest BCUT2D eigenvalue weighted by molar-refractivity contribution is 5.67. The number of aryl methyl sites for hydroxylation is 1. The molecule has 0 amide bonds. The maximum atomic E-state index is 11.2. The lowest BCUT2D eigenvalue weighted by molar-refractivity contribution is -0.109. The molecule has 98 valence electrons. The van der Waals surface area contributed by atoms with Crippen molar-refractivity contribution in [1.29, 1.82) is 0 Å². The molecule has 2 rings (SSSR count). The number of nitrogens with zero attached hydrogens (tertiary/aromatic N) is 1. The molecule has 4 heteroatoms. The largest absolute Gasteiger partial charge is 0.398 e. The minimum Gasteiger partial charge on any atom is -0.398 e. The SMILES string of the molecule is Cc1ccc(C(C=O)NCc2ccncc2)c(N)c1. The van der Waals surface area contributed by atoms with Crippen LogP contribution in [-0.2, 0) is 11.3 Å². The van der Waals surface area contributed by atoms with Crippen molar-refractivity contribution in [2.24, 2.45) is 0 Å². The minimum absolute atomic E-state index is 0.395. The van der Waals surface area contributed by atoms with E-state index in [-0.39, 0.29) is 0 Å². The number of aromatic nitrogens is 1. The Labute approximate surface area is 112 Å². The van der Waals surface area contributed by atoms with Crippen LogP contribution in [0.25, 0.3) is 0 Å². The van der Waals surface area contributed by atoms with Crippen LogP contribution in [-0.4, -0.2) is 11.3 Å². The van der Waals surface area contributed by atoms with Crippen LogP contribution in [0.3, 0.4) is 0 Å². The van der Waals surface area contributed by atoms with Gasteiger partial charge in [0.2, 0.25) is 0 Å². The third kappa shape index (κ3) is 3.39. The second-order valence-electron chi connectivity index (χ2n) is 4.48. The molecule has 0 bridgehead atoms. The highest BCUT2D eigenvalue weighted by atomic mass is 16.1. The molecule has 19 heavy (non-hydrogen) atoms. The van der Waals surface area contributed by atoms with Gasteiger partial charge in [0.25, 0.3) is 0 Å². The van der Waals surface area contributed by atoms with Gasteiger partial charge < -0.3 is 10.5 Å². The first kappa shape index (κ1) is 13.2. The number of aldehydes is 1. The van der Waals surface area contributed by atoms with Crippen molar-refractivity contribution in [3.8, 4) is 0 Å². The van der Waals surface area contributed by atoms with Gasteiger partial charge in [-0.25, -0.2) is 0 Å². The monoisotopic (exact) mass is 255 g/mol. The van der Waals surface area contributed by atoms with Crippen molar-refractivity contribution in [1.82, 2.24) is 10.3 Å². The zero-order valence-corrected chi connectivity index (χ0v) is 10.8. The summed E-state index contributed by atoms with van der Waals surface area (Å²) in [6.45, 7) is 2.57. The Morgan fingerprint density at radius 3 is 2.68 bits per heavy atom. The van der Waals surface area contributed by atoms with Gasteiger partial charge in [-0.15, -0.1) is 0 Å². The van der Waals surface area contributed by atoms with Gasteiger partial charge in [0.1, 0.15) is 6.29 Å². The van der Waals surface area contributed by atoms with Gasteiger partial charge in [-0.2, -0.15) is 0 Å². The maximum absolute atomic E-state index is 11.2. The first-order valence-corrected chi connectivity index (χ1v) is 6.14. The maximum Gasteiger partial charge on any atom is 0.141 e. The quantitative estimate of drug-likeness (QED) is 0.633. The van der Waals surface area contributed by atoms with E-state index < -0.39 is 6.04 Å². The minimum atomic E-state index is -0.395. The molecule has 0 saturated heterocycles. The highest BCUT2D eigenvalue weighted by Gasteiger charge is 2.12. The van der Waals surface area contributed by atoms with E-state index in [1.165, 1.54) is 0 Å². The topological polar surface area (TPSA) is 68.0 Å². The standard InChI is InChI=1S/C15H17N3O/c1-11-2-3-13(14(16)8-11)15(10-19)18-9-12-4-6-17-7-5-12/h2-8,10,15,18H,9,16H2,1H3. The molecule has 0 radical (unpaired) electrons. The lowest BCUT2D eigenvalue weighted by Gasteiger charge is -2.15. The van der Waals surface area contributed by atoms with Crippen LogP contribution in [0.2, 0.25) is 0 Å². The Morgan fingerprint density at radius 2 is 2.05 bits per heavy atom. The molecule has 0 aliphatic heterocycles. The molecule has 1 unspecified atom stereocenters. The third-order valence-electron chi connectivity index (χ3n) is 2.99. The van der Waals surface area contributed by atoms with Gasteiger partial charge in [-0.3, -0.25) is 10.3 Å². The molecular weight excluding hydrogens is 238 g/mol. The predicted molar refractivity (Wildman–Crippen MR) is 75.5 cm³/mol. The van der Waals surface area contributed by atoms with Crippen molar-refractivity contribution in [2.45, 2.75) is 19.5 Å². The molecular formula is C15H17N3O. The molecule has 0 spiro atoms. The number of nitrogens with two attached hydrogens (primary N) is 1. The molecule has 0 fully saturated rings. The smallest absolute Gasteiger partial charge is 0.141 e. The number of nitrogens with one attached hydrogen (secondary N) is 1. The second-order valence-corrected chi connectivity index (χ2v) is 4.48. The lowest BCUT2D eigenvalue weighted by atomic mass is 10.0. The fourth-order valence-corrected chi connectivity index (χ4v) is 1.94. The summed E-state index contributed by atoms with van der Waals surface area (Å²) in [6.07, 6.45) is 4.34. The van der Waals surface area contributed by atoms with Crippen LogP contribution in [0.4, 0.5) is 5.69 Å². The van der Waals surface area contributed by atoms with Gasteiger partial charge in [0.05, 0.1) is 6.04 Å². The fraction of sp³-hybridized carbons (Fsp3) is 0.200. The van der Waals surface area contributed by atoms with Crippen LogP contribution in [0.1, 0.15) is 22.7 Å². The molecule has 0 saturated carbocycles. The highest BCUT2D eigenvalue weighted by Crippen LogP contribution is 2.20. The first-order valence-electron chi connectivity index (χ1n) is 6.14. The van der Waals surface area contributed by atoms with E-state index >= 15 is 0 Å². The summed E-state index contributed by atoms with van der Waals surface area (Å²) in [5, 5.41) is 3.19. The van der Waals surface area contributed by atoms with Crippen LogP contribution < -0.4 is 11.1 Å². The van der Waals surface area contributed by atoms with E-state index in [2.05, 4.69) is 10.3 Å². The van der Waals surface area contributed by atoms with Gasteiger partial charge in [0.15, 0.2) is 0 Å². The summed E-state index contributed by atoms with van der Waals surface area (Å²) in [5.41, 5.74) is 9.57. The molecule has 0 aliphatic rings. The Hall–Kier alpha value is -2.20. The first-order chi connectivity index (χ1) is 9.20. The summed E-state index contributed by atoms with van der Waals surface area (Å²) in [6, 6.07) is 9.15. The number of hydrogen-bond donors (Lipinski definition) is 2. The molecule has 1 atom stereocenters. The van der Waals surface area contributed by atoms with Gasteiger partial charge in [0, 0.05) is 24.6 Å². The fourth-order valence-electron chi connectivity index (χ4n) is 1.94. The average molecular weight is 255 g/mol. The van der Waals surface area contributed by atoms with E-state index in [1.54, 1.807) is 12.4 Å². The van der Waals surface area contributed by atoms with Crippen molar-refractivity contribution in [3.05, 3.63) is 59.4 Å². The number of anilines is 1. The molecule has 0 aliphatic carbocycles. The van der Waals surface area contributed by atoms with Crippen molar-refractivity contribution < 1.29 is 4.79 Å². The Morgan fingerprint density at radius 1 is 1.32 bits per heavy atom. The number of carbonyl (C=O) groups excluding carboxylic acids is 1. The summed E-state index contributed by atoms with van der Waals surface area (Å²) in [5.74, 6) is 0. The number of benzene rings is 1. The third-order valence-corrected chi connectivity index (χ3v) is 2.99. The van der Waals surface area contributed by atoms with Crippen LogP contribution in [0.5, 0.6) is 0 Å². The molecule has 1 heterocycles. The van der Waals surface area contributed by atoms with Gasteiger partial charge in [-0.05, 0) is 41.8 Å². The molecule has 1 aromatic heterocycles. The Kier molecular flexibility index (Phi) is 4.26. The van der Waals surface area contributed by atoms with Crippen LogP contribution >= 0.6 is 0 Å². The summed E-state index contributed by atoms with van der Waals surface area (Å²) >= 11 is 0. The van der Waals surface area contributed by atoms with Crippen LogP contribution in [0, 0.1) is 6.92 Å². The van der Waals surface area contributed by atoms with E-state index in [1.807, 2.05) is 37.3 Å². The van der Waals surface area contributed by atoms with Crippen molar-refractivity contribution in [2.75, 3.05) is 5.73 Å². The van der Waals surface area contributed by atoms with Crippen molar-refractivity contribution in [3.63, 3.8) is 0 Å². The van der Waals surface area contributed by atoms with Crippen LogP contribution in [0.15, 0.2) is 42.7 Å². The Bertz CT molecular complexity index is 555. The number of nitrogen functional groups attached to an aromatic ring is 1. The van der Waals surface area contributed by atoms with Gasteiger partial charge in [-0.1, -0.05) is 12.1 Å². The number of carbonyl (C=O) groups is 1. The zero-order chi connectivity index (χ0) is 13.7. The molecule has 1 aromatic carbocycles. The number of pyridine rings is 1. The number of hydrogen-bond acceptors (Lipinski definition) is 4. The average Bonchev–Trinajstić information content (AvgIpc) is 2.42. The Balaban J connectivity index is 2.10. The normalized spacial score (nSPS) is 12.1. The van der Waals surface area contributed by atoms with Gasteiger partial charge >= 0.3 is 0 Å². The predicted octanol–water partition coefficient (Wildman–Crippen LogP) is 2.00. The molecule has 4 nitrogen and oxygen atoms in total. The molecule has 2 aromatic rings. The number of rotatable bonds is 5. The second kappa shape index (κ2) is 6.11. The lowest BCUT2D eigenvalue weighted by Crippen LogP contribution is -2.23. The summed E-state index contributed by atoms with van der Waals surface area (Å²) < 4.78 is 0. The summed E-state index contributed by atoms with van der Waals surface area (Å²) in [7, 11) is 0.